The second-order valence-electron chi connectivity index (χ2n) is 6.17. The average Bonchev–Trinajstić information content (AvgIpc) is 2.38. The van der Waals surface area contributed by atoms with Crippen LogP contribution in [0.2, 0.25) is 0 Å². The van der Waals surface area contributed by atoms with Crippen molar-refractivity contribution in [3.63, 3.8) is 0 Å². The fourth-order valence-electron chi connectivity index (χ4n) is 2.64. The quantitative estimate of drug-likeness (QED) is 0.767. The van der Waals surface area contributed by atoms with E-state index in [2.05, 4.69) is 48.3 Å². The lowest BCUT2D eigenvalue weighted by atomic mass is 9.98. The molecular weight excluding hydrogens is 248 g/mol. The van der Waals surface area contributed by atoms with E-state index in [4.69, 9.17) is 0 Å². The highest BCUT2D eigenvalue weighted by molar-refractivity contribution is 5.28. The van der Waals surface area contributed by atoms with Gasteiger partial charge < -0.3 is 15.3 Å². The molecule has 0 radical (unpaired) electrons. The second-order valence-corrected chi connectivity index (χ2v) is 6.17. The number of benzene rings is 1. The van der Waals surface area contributed by atoms with Crippen molar-refractivity contribution in [3.05, 3.63) is 35.4 Å². The van der Waals surface area contributed by atoms with Gasteiger partial charge in [0.1, 0.15) is 0 Å². The molecule has 0 fully saturated rings. The van der Waals surface area contributed by atoms with Gasteiger partial charge in [-0.2, -0.15) is 0 Å². The van der Waals surface area contributed by atoms with Crippen LogP contribution in [0.15, 0.2) is 24.3 Å². The van der Waals surface area contributed by atoms with Crippen molar-refractivity contribution in [3.8, 4) is 0 Å². The van der Waals surface area contributed by atoms with E-state index in [1.165, 1.54) is 11.1 Å². The lowest BCUT2D eigenvalue weighted by Gasteiger charge is -2.29. The van der Waals surface area contributed by atoms with Gasteiger partial charge in [-0.25, -0.2) is 0 Å². The van der Waals surface area contributed by atoms with Gasteiger partial charge in [0, 0.05) is 19.1 Å². The Labute approximate surface area is 124 Å². The first-order valence-corrected chi connectivity index (χ1v) is 7.55. The molecule has 3 nitrogen and oxygen atoms in total. The molecule has 114 valence electrons. The summed E-state index contributed by atoms with van der Waals surface area (Å²) in [5.41, 5.74) is 2.07. The van der Waals surface area contributed by atoms with E-state index in [1.54, 1.807) is 0 Å². The van der Waals surface area contributed by atoms with Crippen molar-refractivity contribution in [1.82, 2.24) is 10.2 Å². The van der Waals surface area contributed by atoms with Crippen LogP contribution >= 0.6 is 0 Å². The number of aryl methyl sites for hydroxylation is 1. The van der Waals surface area contributed by atoms with Crippen LogP contribution in [-0.2, 0) is 0 Å². The fourth-order valence-corrected chi connectivity index (χ4v) is 2.64. The molecule has 0 aromatic heterocycles. The van der Waals surface area contributed by atoms with Crippen molar-refractivity contribution in [2.24, 2.45) is 0 Å². The minimum atomic E-state index is -0.631. The minimum Gasteiger partial charge on any atom is -0.389 e. The van der Waals surface area contributed by atoms with Gasteiger partial charge in [0.05, 0.1) is 5.60 Å². The van der Waals surface area contributed by atoms with Crippen LogP contribution in [0.1, 0.15) is 44.4 Å². The van der Waals surface area contributed by atoms with E-state index >= 15 is 0 Å². The molecule has 1 unspecified atom stereocenters. The van der Waals surface area contributed by atoms with Crippen LogP contribution < -0.4 is 5.32 Å². The number of hydrogen-bond acceptors (Lipinski definition) is 3. The maximum atomic E-state index is 9.95. The maximum absolute atomic E-state index is 9.95. The molecule has 0 saturated heterocycles. The van der Waals surface area contributed by atoms with Gasteiger partial charge in [-0.3, -0.25) is 0 Å². The minimum absolute atomic E-state index is 0.368. The zero-order valence-electron chi connectivity index (χ0n) is 13.6. The summed E-state index contributed by atoms with van der Waals surface area (Å²) in [6, 6.07) is 8.91. The Hall–Kier alpha value is -0.900. The lowest BCUT2D eigenvalue weighted by molar-refractivity contribution is 0.0367. The molecule has 0 saturated carbocycles. The van der Waals surface area contributed by atoms with Gasteiger partial charge in [0.2, 0.25) is 0 Å². The number of rotatable bonds is 8. The molecule has 0 spiro atoms. The molecule has 0 aliphatic rings. The average molecular weight is 278 g/mol. The highest BCUT2D eigenvalue weighted by Gasteiger charge is 2.19. The van der Waals surface area contributed by atoms with Crippen LogP contribution in [-0.4, -0.2) is 42.3 Å². The third-order valence-corrected chi connectivity index (χ3v) is 3.70. The Balaban J connectivity index is 2.63. The predicted molar refractivity (Wildman–Crippen MR) is 86.0 cm³/mol. The zero-order chi connectivity index (χ0) is 15.2. The van der Waals surface area contributed by atoms with Gasteiger partial charge >= 0.3 is 0 Å². The van der Waals surface area contributed by atoms with E-state index < -0.39 is 5.60 Å². The molecule has 20 heavy (non-hydrogen) atoms. The molecule has 0 heterocycles. The van der Waals surface area contributed by atoms with E-state index in [-0.39, 0.29) is 0 Å². The Morgan fingerprint density at radius 1 is 1.30 bits per heavy atom. The summed E-state index contributed by atoms with van der Waals surface area (Å²) in [4.78, 5) is 2.31. The number of nitrogens with zero attached hydrogens (tertiary/aromatic N) is 1. The van der Waals surface area contributed by atoms with Crippen molar-refractivity contribution < 1.29 is 5.11 Å². The Bertz CT molecular complexity index is 398. The van der Waals surface area contributed by atoms with E-state index in [0.29, 0.717) is 12.6 Å². The molecule has 1 rings (SSSR count). The predicted octanol–water partition coefficient (Wildman–Crippen LogP) is 2.74. The Morgan fingerprint density at radius 3 is 2.45 bits per heavy atom. The number of nitrogens with one attached hydrogen (secondary N) is 1. The molecule has 2 N–H and O–H groups in total. The van der Waals surface area contributed by atoms with Crippen molar-refractivity contribution >= 4 is 0 Å². The molecular formula is C17H30N2O. The third-order valence-electron chi connectivity index (χ3n) is 3.70. The molecule has 0 aliphatic carbocycles. The van der Waals surface area contributed by atoms with Gasteiger partial charge in [0.15, 0.2) is 0 Å². The van der Waals surface area contributed by atoms with E-state index in [1.807, 2.05) is 20.9 Å². The van der Waals surface area contributed by atoms with Crippen LogP contribution in [0.4, 0.5) is 0 Å². The van der Waals surface area contributed by atoms with E-state index in [9.17, 15) is 5.11 Å². The van der Waals surface area contributed by atoms with E-state index in [0.717, 1.165) is 19.5 Å². The summed E-state index contributed by atoms with van der Waals surface area (Å²) in [6.45, 7) is 10.7. The monoisotopic (exact) mass is 278 g/mol. The van der Waals surface area contributed by atoms with Gasteiger partial charge in [-0.1, -0.05) is 31.2 Å². The smallest absolute Gasteiger partial charge is 0.0718 e. The highest BCUT2D eigenvalue weighted by Crippen LogP contribution is 2.20. The van der Waals surface area contributed by atoms with Gasteiger partial charge in [-0.15, -0.1) is 0 Å². The molecule has 1 aromatic rings. The SMILES string of the molecule is CCN(CCC(NC)c1ccccc1C)CC(C)(C)O. The van der Waals surface area contributed by atoms with Crippen molar-refractivity contribution in [2.75, 3.05) is 26.7 Å². The molecule has 1 aromatic carbocycles. The van der Waals surface area contributed by atoms with Crippen molar-refractivity contribution in [2.45, 2.75) is 45.8 Å². The summed E-state index contributed by atoms with van der Waals surface area (Å²) in [5, 5.41) is 13.4. The molecule has 3 heteroatoms. The van der Waals surface area contributed by atoms with Gasteiger partial charge in [0.25, 0.3) is 0 Å². The number of aliphatic hydroxyl groups is 1. The first-order chi connectivity index (χ1) is 9.37. The highest BCUT2D eigenvalue weighted by atomic mass is 16.3. The maximum Gasteiger partial charge on any atom is 0.0718 e. The third kappa shape index (κ3) is 5.61. The summed E-state index contributed by atoms with van der Waals surface area (Å²) < 4.78 is 0. The van der Waals surface area contributed by atoms with Crippen LogP contribution in [0, 0.1) is 6.92 Å². The van der Waals surface area contributed by atoms with Crippen molar-refractivity contribution in [1.29, 1.82) is 0 Å². The fraction of sp³-hybridized carbons (Fsp3) is 0.647. The number of hydrogen-bond donors (Lipinski definition) is 2. The van der Waals surface area contributed by atoms with Crippen LogP contribution in [0.25, 0.3) is 0 Å². The Morgan fingerprint density at radius 2 is 1.95 bits per heavy atom. The lowest BCUT2D eigenvalue weighted by Crippen LogP contribution is -2.39. The summed E-state index contributed by atoms with van der Waals surface area (Å²) in [5.74, 6) is 0. The first-order valence-electron chi connectivity index (χ1n) is 7.55. The molecule has 0 aliphatic heterocycles. The number of likely N-dealkylation sites (N-methyl/N-ethyl adjacent to an activating group) is 1. The normalized spacial score (nSPS) is 13.8. The standard InChI is InChI=1S/C17H30N2O/c1-6-19(13-17(3,4)20)12-11-16(18-5)15-10-8-7-9-14(15)2/h7-10,16,18,20H,6,11-13H2,1-5H3. The molecule has 1 atom stereocenters. The molecule has 0 amide bonds. The largest absolute Gasteiger partial charge is 0.389 e. The summed E-state index contributed by atoms with van der Waals surface area (Å²) in [7, 11) is 2.02. The zero-order valence-corrected chi connectivity index (χ0v) is 13.6. The molecule has 0 bridgehead atoms. The summed E-state index contributed by atoms with van der Waals surface area (Å²) in [6.07, 6.45) is 1.05. The first kappa shape index (κ1) is 17.2. The summed E-state index contributed by atoms with van der Waals surface area (Å²) >= 11 is 0. The Kier molecular flexibility index (Phi) is 6.66. The topological polar surface area (TPSA) is 35.5 Å². The second kappa shape index (κ2) is 7.77. The van der Waals surface area contributed by atoms with Gasteiger partial charge in [-0.05, 0) is 51.9 Å². The van der Waals surface area contributed by atoms with Crippen LogP contribution in [0.3, 0.4) is 0 Å². The van der Waals surface area contributed by atoms with Crippen LogP contribution in [0.5, 0.6) is 0 Å².